The molecule has 4 heteroatoms. The number of pyridine rings is 1. The van der Waals surface area contributed by atoms with E-state index >= 15 is 0 Å². The van der Waals surface area contributed by atoms with Crippen molar-refractivity contribution in [3.63, 3.8) is 0 Å². The zero-order chi connectivity index (χ0) is 12.1. The lowest BCUT2D eigenvalue weighted by Crippen LogP contribution is -2.16. The minimum Gasteiger partial charge on any atom is -0.310 e. The highest BCUT2D eigenvalue weighted by Gasteiger charge is 2.02. The Morgan fingerprint density at radius 1 is 1.35 bits per heavy atom. The van der Waals surface area contributed by atoms with E-state index in [1.54, 1.807) is 17.5 Å². The summed E-state index contributed by atoms with van der Waals surface area (Å²) in [5.41, 5.74) is 2.42. The van der Waals surface area contributed by atoms with Crippen LogP contribution in [0.25, 0.3) is 0 Å². The van der Waals surface area contributed by atoms with Crippen LogP contribution in [-0.4, -0.2) is 16.5 Å². The number of rotatable bonds is 5. The van der Waals surface area contributed by atoms with E-state index in [0.29, 0.717) is 0 Å². The third kappa shape index (κ3) is 3.61. The Hall–Kier alpha value is -1.26. The number of thiazole rings is 1. The molecular weight excluding hydrogens is 230 g/mol. The Balaban J connectivity index is 1.73. The minimum absolute atomic E-state index is 0.861. The lowest BCUT2D eigenvalue weighted by Gasteiger charge is -2.02. The number of aryl methyl sites for hydroxylation is 2. The van der Waals surface area contributed by atoms with Gasteiger partial charge >= 0.3 is 0 Å². The van der Waals surface area contributed by atoms with Gasteiger partial charge in [-0.2, -0.15) is 0 Å². The molecule has 0 amide bonds. The molecule has 2 heterocycles. The fourth-order valence-electron chi connectivity index (χ4n) is 1.59. The summed E-state index contributed by atoms with van der Waals surface area (Å²) in [6.07, 6.45) is 4.73. The summed E-state index contributed by atoms with van der Waals surface area (Å²) in [4.78, 5) is 9.91. The van der Waals surface area contributed by atoms with Crippen molar-refractivity contribution in [3.05, 3.63) is 45.7 Å². The largest absolute Gasteiger partial charge is 0.310 e. The van der Waals surface area contributed by atoms with E-state index < -0.39 is 0 Å². The van der Waals surface area contributed by atoms with Gasteiger partial charge in [0, 0.05) is 23.8 Å². The molecule has 0 unspecified atom stereocenters. The van der Waals surface area contributed by atoms with Crippen molar-refractivity contribution in [1.82, 2.24) is 15.3 Å². The maximum Gasteiger partial charge on any atom is 0.107 e. The van der Waals surface area contributed by atoms with E-state index in [0.717, 1.165) is 25.2 Å². The Bertz CT molecular complexity index is 445. The highest BCUT2D eigenvalue weighted by Crippen LogP contribution is 2.15. The van der Waals surface area contributed by atoms with Crippen molar-refractivity contribution in [3.8, 4) is 0 Å². The molecule has 0 aromatic carbocycles. The molecule has 17 heavy (non-hydrogen) atoms. The first-order chi connectivity index (χ1) is 8.25. The highest BCUT2D eigenvalue weighted by atomic mass is 32.1. The molecule has 2 aromatic rings. The molecule has 90 valence electrons. The van der Waals surface area contributed by atoms with Gasteiger partial charge in [0.05, 0.1) is 5.69 Å². The lowest BCUT2D eigenvalue weighted by molar-refractivity contribution is 0.682. The maximum atomic E-state index is 4.50. The zero-order valence-corrected chi connectivity index (χ0v) is 11.0. The molecule has 0 saturated carbocycles. The Kier molecular flexibility index (Phi) is 4.23. The van der Waals surface area contributed by atoms with Gasteiger partial charge in [0.1, 0.15) is 5.01 Å². The first-order valence-electron chi connectivity index (χ1n) is 5.78. The first-order valence-corrected chi connectivity index (χ1v) is 6.60. The Morgan fingerprint density at radius 3 is 2.88 bits per heavy atom. The molecule has 2 rings (SSSR count). The first kappa shape index (κ1) is 12.2. The van der Waals surface area contributed by atoms with Crippen LogP contribution in [0.15, 0.2) is 24.5 Å². The van der Waals surface area contributed by atoms with Gasteiger partial charge in [-0.1, -0.05) is 6.07 Å². The van der Waals surface area contributed by atoms with Gasteiger partial charge in [0.15, 0.2) is 0 Å². The van der Waals surface area contributed by atoms with Gasteiger partial charge in [-0.15, -0.1) is 11.3 Å². The predicted molar refractivity (Wildman–Crippen MR) is 71.2 cm³/mol. The maximum absolute atomic E-state index is 4.50. The van der Waals surface area contributed by atoms with E-state index in [4.69, 9.17) is 0 Å². The molecule has 0 aliphatic rings. The van der Waals surface area contributed by atoms with Crippen LogP contribution in [0.1, 0.15) is 21.1 Å². The average Bonchev–Trinajstić information content (AvgIpc) is 2.66. The van der Waals surface area contributed by atoms with Crippen LogP contribution in [0.5, 0.6) is 0 Å². The van der Waals surface area contributed by atoms with Gasteiger partial charge in [-0.3, -0.25) is 4.98 Å². The number of hydrogen-bond donors (Lipinski definition) is 1. The molecule has 1 N–H and O–H groups in total. The van der Waals surface area contributed by atoms with Crippen LogP contribution in [0.3, 0.4) is 0 Å². The van der Waals surface area contributed by atoms with Crippen molar-refractivity contribution < 1.29 is 0 Å². The van der Waals surface area contributed by atoms with Crippen LogP contribution in [-0.2, 0) is 13.0 Å². The summed E-state index contributed by atoms with van der Waals surface area (Å²) in [7, 11) is 0. The van der Waals surface area contributed by atoms with Crippen LogP contribution < -0.4 is 5.32 Å². The normalized spacial score (nSPS) is 10.7. The number of hydrogen-bond acceptors (Lipinski definition) is 4. The van der Waals surface area contributed by atoms with Gasteiger partial charge < -0.3 is 5.32 Å². The van der Waals surface area contributed by atoms with Crippen molar-refractivity contribution in [2.24, 2.45) is 0 Å². The molecule has 0 bridgehead atoms. The van der Waals surface area contributed by atoms with Crippen molar-refractivity contribution in [2.45, 2.75) is 26.8 Å². The van der Waals surface area contributed by atoms with Gasteiger partial charge in [0.25, 0.3) is 0 Å². The molecule has 0 saturated heterocycles. The average molecular weight is 247 g/mol. The molecule has 2 aromatic heterocycles. The van der Waals surface area contributed by atoms with Crippen LogP contribution in [0.2, 0.25) is 0 Å². The van der Waals surface area contributed by atoms with Crippen LogP contribution >= 0.6 is 11.3 Å². The summed E-state index contributed by atoms with van der Waals surface area (Å²) < 4.78 is 0. The van der Waals surface area contributed by atoms with E-state index in [2.05, 4.69) is 35.2 Å². The third-order valence-electron chi connectivity index (χ3n) is 2.66. The number of nitrogens with zero attached hydrogens (tertiary/aromatic N) is 2. The summed E-state index contributed by atoms with van der Waals surface area (Å²) in [5.74, 6) is 0. The third-order valence-corrected chi connectivity index (χ3v) is 3.74. The van der Waals surface area contributed by atoms with E-state index in [-0.39, 0.29) is 0 Å². The molecule has 0 aliphatic carbocycles. The minimum atomic E-state index is 0.861. The second-order valence-electron chi connectivity index (χ2n) is 4.04. The van der Waals surface area contributed by atoms with Gasteiger partial charge in [0.2, 0.25) is 0 Å². The van der Waals surface area contributed by atoms with Gasteiger partial charge in [-0.25, -0.2) is 4.98 Å². The SMILES string of the molecule is Cc1nc(CNCCc2cccnc2)sc1C. The number of nitrogens with one attached hydrogen (secondary N) is 1. The lowest BCUT2D eigenvalue weighted by atomic mass is 10.2. The highest BCUT2D eigenvalue weighted by molar-refractivity contribution is 7.11. The molecule has 0 radical (unpaired) electrons. The summed E-state index contributed by atoms with van der Waals surface area (Å²) in [5, 5.41) is 4.58. The summed E-state index contributed by atoms with van der Waals surface area (Å²) in [6.45, 7) is 6.00. The number of aromatic nitrogens is 2. The van der Waals surface area contributed by atoms with Crippen molar-refractivity contribution >= 4 is 11.3 Å². The second kappa shape index (κ2) is 5.89. The fraction of sp³-hybridized carbons (Fsp3) is 0.385. The Labute approximate surface area is 106 Å². The van der Waals surface area contributed by atoms with Crippen LogP contribution in [0, 0.1) is 13.8 Å². The molecule has 0 spiro atoms. The molecule has 3 nitrogen and oxygen atoms in total. The zero-order valence-electron chi connectivity index (χ0n) is 10.2. The van der Waals surface area contributed by atoms with Crippen molar-refractivity contribution in [1.29, 1.82) is 0 Å². The van der Waals surface area contributed by atoms with E-state index in [1.165, 1.54) is 15.4 Å². The topological polar surface area (TPSA) is 37.8 Å². The predicted octanol–water partition coefficient (Wildman–Crippen LogP) is 2.49. The van der Waals surface area contributed by atoms with Crippen LogP contribution in [0.4, 0.5) is 0 Å². The monoisotopic (exact) mass is 247 g/mol. The quantitative estimate of drug-likeness (QED) is 0.825. The Morgan fingerprint density at radius 2 is 2.24 bits per heavy atom. The molecule has 0 fully saturated rings. The molecular formula is C13H17N3S. The molecule has 0 atom stereocenters. The van der Waals surface area contributed by atoms with Crippen molar-refractivity contribution in [2.75, 3.05) is 6.54 Å². The second-order valence-corrected chi connectivity index (χ2v) is 5.32. The van der Waals surface area contributed by atoms with Gasteiger partial charge in [-0.05, 0) is 38.4 Å². The van der Waals surface area contributed by atoms with E-state index in [9.17, 15) is 0 Å². The fourth-order valence-corrected chi connectivity index (χ4v) is 2.49. The van der Waals surface area contributed by atoms with E-state index in [1.807, 2.05) is 12.3 Å². The standard InChI is InChI=1S/C13H17N3S/c1-10-11(2)17-13(16-10)9-15-7-5-12-4-3-6-14-8-12/h3-4,6,8,15H,5,7,9H2,1-2H3. The molecule has 0 aliphatic heterocycles. The summed E-state index contributed by atoms with van der Waals surface area (Å²) in [6, 6.07) is 4.08. The summed E-state index contributed by atoms with van der Waals surface area (Å²) >= 11 is 1.77. The smallest absolute Gasteiger partial charge is 0.107 e.